The van der Waals surface area contributed by atoms with Crippen LogP contribution in [0, 0.1) is 0 Å². The number of hydrogen-bond acceptors (Lipinski definition) is 4. The number of pyridine rings is 1. The summed E-state index contributed by atoms with van der Waals surface area (Å²) in [5, 5.41) is 13.4. The van der Waals surface area contributed by atoms with E-state index in [1.54, 1.807) is 0 Å². The number of fused-ring (bicyclic) bond motifs is 1. The molecule has 0 spiro atoms. The molecule has 29 heavy (non-hydrogen) atoms. The highest BCUT2D eigenvalue weighted by Gasteiger charge is 2.30. The Labute approximate surface area is 171 Å². The number of likely N-dealkylation sites (tertiary alicyclic amines) is 1. The van der Waals surface area contributed by atoms with E-state index in [2.05, 4.69) is 54.3 Å². The van der Waals surface area contributed by atoms with E-state index in [4.69, 9.17) is 0 Å². The third-order valence-electron chi connectivity index (χ3n) is 5.67. The van der Waals surface area contributed by atoms with Crippen LogP contribution in [0.3, 0.4) is 0 Å². The Kier molecular flexibility index (Phi) is 4.92. The molecule has 1 amide bonds. The Hall–Kier alpha value is -2.70. The first-order chi connectivity index (χ1) is 13.8. The fraction of sp³-hybridized carbons (Fsp3) is 0.545. The molecule has 1 aliphatic heterocycles. The largest absolute Gasteiger partial charge is 0.337 e. The van der Waals surface area contributed by atoms with Crippen LogP contribution < -0.4 is 0 Å². The Bertz CT molecular complexity index is 1020. The van der Waals surface area contributed by atoms with Crippen LogP contribution in [0.1, 0.15) is 81.3 Å². The van der Waals surface area contributed by atoms with E-state index < -0.39 is 0 Å². The number of amides is 1. The quantitative estimate of drug-likeness (QED) is 0.677. The van der Waals surface area contributed by atoms with Crippen molar-refractivity contribution in [1.82, 2.24) is 29.3 Å². The Morgan fingerprint density at radius 2 is 1.86 bits per heavy atom. The molecule has 0 radical (unpaired) electrons. The summed E-state index contributed by atoms with van der Waals surface area (Å²) in [5.41, 5.74) is 2.37. The molecule has 0 atom stereocenters. The van der Waals surface area contributed by atoms with Crippen LogP contribution in [0.15, 0.2) is 30.5 Å². The zero-order valence-corrected chi connectivity index (χ0v) is 18.0. The number of carbonyl (C=O) groups is 1. The molecule has 1 aliphatic rings. The second kappa shape index (κ2) is 7.28. The second-order valence-corrected chi connectivity index (χ2v) is 9.25. The van der Waals surface area contributed by atoms with E-state index in [1.807, 2.05) is 40.0 Å². The predicted octanol–water partition coefficient (Wildman–Crippen LogP) is 3.82. The van der Waals surface area contributed by atoms with Crippen molar-refractivity contribution in [1.29, 1.82) is 0 Å². The maximum absolute atomic E-state index is 13.1. The zero-order chi connectivity index (χ0) is 20.8. The van der Waals surface area contributed by atoms with Crippen molar-refractivity contribution in [3.05, 3.63) is 47.7 Å². The summed E-state index contributed by atoms with van der Waals surface area (Å²) < 4.78 is 4.06. The standard InChI is InChI=1S/C22H30N6O/c1-15(2)18-14-17(25-28(18)22(3,4)5)21(29)26-12-9-16(10-13-26)20-24-23-19-8-6-7-11-27(19)20/h6-8,11,14-16H,9-10,12-13H2,1-5H3. The van der Waals surface area contributed by atoms with Gasteiger partial charge < -0.3 is 4.90 Å². The molecule has 0 saturated carbocycles. The minimum Gasteiger partial charge on any atom is -0.337 e. The van der Waals surface area contributed by atoms with Gasteiger partial charge >= 0.3 is 0 Å². The first kappa shape index (κ1) is 19.6. The molecule has 4 rings (SSSR count). The van der Waals surface area contributed by atoms with E-state index in [-0.39, 0.29) is 11.4 Å². The number of carbonyl (C=O) groups excluding carboxylic acids is 1. The summed E-state index contributed by atoms with van der Waals surface area (Å²) >= 11 is 0. The molecule has 0 unspecified atom stereocenters. The lowest BCUT2D eigenvalue weighted by Gasteiger charge is -2.30. The van der Waals surface area contributed by atoms with Gasteiger partial charge in [-0.25, -0.2) is 0 Å². The summed E-state index contributed by atoms with van der Waals surface area (Å²) in [7, 11) is 0. The first-order valence-corrected chi connectivity index (χ1v) is 10.4. The van der Waals surface area contributed by atoms with Gasteiger partial charge in [-0.3, -0.25) is 13.9 Å². The number of nitrogens with zero attached hydrogens (tertiary/aromatic N) is 6. The molecule has 0 aliphatic carbocycles. The van der Waals surface area contributed by atoms with Gasteiger partial charge in [0.25, 0.3) is 5.91 Å². The summed E-state index contributed by atoms with van der Waals surface area (Å²) in [6.07, 6.45) is 3.78. The molecule has 7 nitrogen and oxygen atoms in total. The van der Waals surface area contributed by atoms with Crippen LogP contribution in [0.25, 0.3) is 5.65 Å². The summed E-state index contributed by atoms with van der Waals surface area (Å²) in [6, 6.07) is 7.90. The predicted molar refractivity (Wildman–Crippen MR) is 112 cm³/mol. The van der Waals surface area contributed by atoms with Gasteiger partial charge in [-0.2, -0.15) is 5.10 Å². The normalized spacial score (nSPS) is 16.1. The zero-order valence-electron chi connectivity index (χ0n) is 18.0. The van der Waals surface area contributed by atoms with Crippen molar-refractivity contribution in [2.24, 2.45) is 0 Å². The minimum absolute atomic E-state index is 0.0273. The lowest BCUT2D eigenvalue weighted by atomic mass is 9.95. The summed E-state index contributed by atoms with van der Waals surface area (Å²) in [4.78, 5) is 15.1. The Morgan fingerprint density at radius 3 is 2.48 bits per heavy atom. The van der Waals surface area contributed by atoms with Crippen LogP contribution >= 0.6 is 0 Å². The minimum atomic E-state index is -0.153. The van der Waals surface area contributed by atoms with Gasteiger partial charge in [0.15, 0.2) is 11.3 Å². The van der Waals surface area contributed by atoms with Crippen LogP contribution in [0.5, 0.6) is 0 Å². The van der Waals surface area contributed by atoms with Gasteiger partial charge in [-0.1, -0.05) is 19.9 Å². The number of piperidine rings is 1. The highest BCUT2D eigenvalue weighted by Crippen LogP contribution is 2.29. The molecule has 1 fully saturated rings. The smallest absolute Gasteiger partial charge is 0.274 e. The fourth-order valence-electron chi connectivity index (χ4n) is 4.09. The Balaban J connectivity index is 1.49. The van der Waals surface area contributed by atoms with Gasteiger partial charge in [-0.15, -0.1) is 10.2 Å². The van der Waals surface area contributed by atoms with Gasteiger partial charge in [0, 0.05) is 30.9 Å². The molecular formula is C22H30N6O. The topological polar surface area (TPSA) is 68.3 Å². The number of hydrogen-bond donors (Lipinski definition) is 0. The van der Waals surface area contributed by atoms with Crippen LogP contribution in [0.2, 0.25) is 0 Å². The molecule has 154 valence electrons. The van der Waals surface area contributed by atoms with Crippen molar-refractivity contribution in [2.45, 2.75) is 64.8 Å². The van der Waals surface area contributed by atoms with Crippen LogP contribution in [-0.4, -0.2) is 48.3 Å². The summed E-state index contributed by atoms with van der Waals surface area (Å²) in [6.45, 7) is 12.1. The van der Waals surface area contributed by atoms with Gasteiger partial charge in [0.1, 0.15) is 5.82 Å². The molecule has 1 saturated heterocycles. The third kappa shape index (κ3) is 3.66. The second-order valence-electron chi connectivity index (χ2n) is 9.25. The lowest BCUT2D eigenvalue weighted by Crippen LogP contribution is -2.38. The molecule has 7 heteroatoms. The van der Waals surface area contributed by atoms with Crippen molar-refractivity contribution in [3.8, 4) is 0 Å². The summed E-state index contributed by atoms with van der Waals surface area (Å²) in [5.74, 6) is 1.65. The van der Waals surface area contributed by atoms with Gasteiger partial charge in [0.05, 0.1) is 5.54 Å². The van der Waals surface area contributed by atoms with Crippen molar-refractivity contribution < 1.29 is 4.79 Å². The number of rotatable bonds is 3. The molecular weight excluding hydrogens is 364 g/mol. The van der Waals surface area contributed by atoms with Crippen LogP contribution in [0.4, 0.5) is 0 Å². The molecule has 0 bridgehead atoms. The van der Waals surface area contributed by atoms with E-state index in [0.717, 1.165) is 30.0 Å². The first-order valence-electron chi connectivity index (χ1n) is 10.4. The molecule has 3 aromatic rings. The van der Waals surface area contributed by atoms with Crippen molar-refractivity contribution >= 4 is 11.6 Å². The number of aromatic nitrogens is 5. The molecule has 0 N–H and O–H groups in total. The third-order valence-corrected chi connectivity index (χ3v) is 5.67. The maximum Gasteiger partial charge on any atom is 0.274 e. The lowest BCUT2D eigenvalue weighted by molar-refractivity contribution is 0.0703. The van der Waals surface area contributed by atoms with Gasteiger partial charge in [0.2, 0.25) is 0 Å². The average molecular weight is 395 g/mol. The molecule has 4 heterocycles. The highest BCUT2D eigenvalue weighted by molar-refractivity contribution is 5.92. The molecule has 3 aromatic heterocycles. The Morgan fingerprint density at radius 1 is 1.14 bits per heavy atom. The maximum atomic E-state index is 13.1. The van der Waals surface area contributed by atoms with E-state index in [9.17, 15) is 4.79 Å². The van der Waals surface area contributed by atoms with Gasteiger partial charge in [-0.05, 0) is 57.7 Å². The van der Waals surface area contributed by atoms with Crippen molar-refractivity contribution in [3.63, 3.8) is 0 Å². The monoisotopic (exact) mass is 394 g/mol. The van der Waals surface area contributed by atoms with Crippen LogP contribution in [-0.2, 0) is 5.54 Å². The fourth-order valence-corrected chi connectivity index (χ4v) is 4.09. The van der Waals surface area contributed by atoms with Crippen molar-refractivity contribution in [2.75, 3.05) is 13.1 Å². The average Bonchev–Trinajstić information content (AvgIpc) is 3.32. The SMILES string of the molecule is CC(C)c1cc(C(=O)N2CCC(c3nnc4ccccn34)CC2)nn1C(C)(C)C. The van der Waals surface area contributed by atoms with E-state index in [0.29, 0.717) is 30.6 Å². The van der Waals surface area contributed by atoms with E-state index in [1.165, 1.54) is 0 Å². The highest BCUT2D eigenvalue weighted by atomic mass is 16.2. The molecule has 0 aromatic carbocycles. The van der Waals surface area contributed by atoms with E-state index >= 15 is 0 Å².